The van der Waals surface area contributed by atoms with Crippen LogP contribution in [0.4, 0.5) is 0 Å². The summed E-state index contributed by atoms with van der Waals surface area (Å²) < 4.78 is 4.93. The number of nitrogens with zero attached hydrogens (tertiary/aromatic N) is 2. The molecule has 1 aromatic rings. The quantitative estimate of drug-likeness (QED) is 0.831. The maximum atomic E-state index is 11.5. The number of esters is 1. The molecule has 2 heterocycles. The van der Waals surface area contributed by atoms with Gasteiger partial charge in [-0.05, 0) is 32.2 Å². The fourth-order valence-corrected chi connectivity index (χ4v) is 3.04. The van der Waals surface area contributed by atoms with E-state index in [-0.39, 0.29) is 12.6 Å². The number of likely N-dealkylation sites (tertiary alicyclic amines) is 1. The highest BCUT2D eigenvalue weighted by molar-refractivity contribution is 7.11. The lowest BCUT2D eigenvalue weighted by Crippen LogP contribution is -2.36. The molecule has 0 bridgehead atoms. The molecule has 5 nitrogen and oxygen atoms in total. The molecule has 0 aromatic carbocycles. The summed E-state index contributed by atoms with van der Waals surface area (Å²) in [6, 6.07) is 0. The van der Waals surface area contributed by atoms with Gasteiger partial charge in [0.1, 0.15) is 0 Å². The molecule has 2 rings (SSSR count). The van der Waals surface area contributed by atoms with E-state index in [1.54, 1.807) is 6.92 Å². The molecule has 1 fully saturated rings. The average molecular weight is 284 g/mol. The molecule has 0 saturated carbocycles. The first kappa shape index (κ1) is 14.4. The largest absolute Gasteiger partial charge is 0.461 e. The van der Waals surface area contributed by atoms with Crippen molar-refractivity contribution in [2.45, 2.75) is 26.3 Å². The van der Waals surface area contributed by atoms with Crippen LogP contribution in [0.1, 0.15) is 35.3 Å². The van der Waals surface area contributed by atoms with Crippen LogP contribution in [-0.4, -0.2) is 47.3 Å². The Morgan fingerprint density at radius 1 is 1.68 bits per heavy atom. The van der Waals surface area contributed by atoms with E-state index in [1.807, 2.05) is 5.38 Å². The van der Waals surface area contributed by atoms with Crippen molar-refractivity contribution in [1.29, 1.82) is 0 Å². The minimum absolute atomic E-state index is 0.252. The first-order valence-electron chi connectivity index (χ1n) is 6.67. The van der Waals surface area contributed by atoms with Crippen molar-refractivity contribution < 1.29 is 14.6 Å². The highest BCUT2D eigenvalue weighted by Gasteiger charge is 2.20. The van der Waals surface area contributed by atoms with Crippen molar-refractivity contribution in [3.8, 4) is 0 Å². The van der Waals surface area contributed by atoms with Gasteiger partial charge in [-0.15, -0.1) is 11.3 Å². The Bertz CT molecular complexity index is 422. The number of thiazole rings is 1. The van der Waals surface area contributed by atoms with Gasteiger partial charge in [0, 0.05) is 25.1 Å². The lowest BCUT2D eigenvalue weighted by Gasteiger charge is -2.31. The first-order valence-corrected chi connectivity index (χ1v) is 7.55. The maximum absolute atomic E-state index is 11.5. The molecule has 0 amide bonds. The van der Waals surface area contributed by atoms with Crippen molar-refractivity contribution in [3.63, 3.8) is 0 Å². The van der Waals surface area contributed by atoms with E-state index >= 15 is 0 Å². The maximum Gasteiger partial charge on any atom is 0.367 e. The van der Waals surface area contributed by atoms with Gasteiger partial charge in [-0.1, -0.05) is 0 Å². The molecule has 0 radical (unpaired) electrons. The van der Waals surface area contributed by atoms with Crippen molar-refractivity contribution in [2.75, 3.05) is 26.3 Å². The van der Waals surface area contributed by atoms with Gasteiger partial charge in [-0.3, -0.25) is 4.90 Å². The minimum atomic E-state index is -0.342. The van der Waals surface area contributed by atoms with Crippen LogP contribution in [-0.2, 0) is 11.3 Å². The number of aromatic nitrogens is 1. The molecule has 1 atom stereocenters. The van der Waals surface area contributed by atoms with Crippen molar-refractivity contribution >= 4 is 17.3 Å². The second-order valence-corrected chi connectivity index (χ2v) is 5.65. The third-order valence-electron chi connectivity index (χ3n) is 3.25. The zero-order valence-corrected chi connectivity index (χ0v) is 12.0. The predicted molar refractivity (Wildman–Crippen MR) is 73.2 cm³/mol. The monoisotopic (exact) mass is 284 g/mol. The third-order valence-corrected chi connectivity index (χ3v) is 4.12. The summed E-state index contributed by atoms with van der Waals surface area (Å²) >= 11 is 1.33. The smallest absolute Gasteiger partial charge is 0.367 e. The molecule has 106 valence electrons. The number of aliphatic hydroxyl groups excluding tert-OH is 1. The van der Waals surface area contributed by atoms with E-state index in [2.05, 4.69) is 9.88 Å². The van der Waals surface area contributed by atoms with Gasteiger partial charge >= 0.3 is 5.97 Å². The Kier molecular flexibility index (Phi) is 5.30. The number of hydrogen-bond donors (Lipinski definition) is 1. The molecular weight excluding hydrogens is 264 g/mol. The minimum Gasteiger partial charge on any atom is -0.461 e. The van der Waals surface area contributed by atoms with Crippen LogP contribution in [0.5, 0.6) is 0 Å². The van der Waals surface area contributed by atoms with E-state index in [9.17, 15) is 9.90 Å². The number of rotatable bonds is 5. The normalized spacial score (nSPS) is 20.4. The van der Waals surface area contributed by atoms with Gasteiger partial charge < -0.3 is 9.84 Å². The summed E-state index contributed by atoms with van der Waals surface area (Å²) in [6.45, 7) is 5.09. The fraction of sp³-hybridized carbons (Fsp3) is 0.692. The number of aliphatic hydroxyl groups is 1. The van der Waals surface area contributed by atoms with Gasteiger partial charge in [0.05, 0.1) is 12.3 Å². The number of piperidine rings is 1. The molecule has 6 heteroatoms. The highest BCUT2D eigenvalue weighted by atomic mass is 32.1. The summed E-state index contributed by atoms with van der Waals surface area (Å²) in [4.78, 5) is 18.1. The Labute approximate surface area is 117 Å². The Morgan fingerprint density at radius 3 is 3.26 bits per heavy atom. The molecule has 0 aliphatic carbocycles. The summed E-state index contributed by atoms with van der Waals surface area (Å²) in [7, 11) is 0. The highest BCUT2D eigenvalue weighted by Crippen LogP contribution is 2.19. The van der Waals surface area contributed by atoms with E-state index in [4.69, 9.17) is 4.74 Å². The third kappa shape index (κ3) is 3.99. The summed E-state index contributed by atoms with van der Waals surface area (Å²) in [5, 5.41) is 11.5. The van der Waals surface area contributed by atoms with Gasteiger partial charge in [0.15, 0.2) is 0 Å². The van der Waals surface area contributed by atoms with Crippen LogP contribution in [0.25, 0.3) is 0 Å². The Hall–Kier alpha value is -0.980. The molecule has 1 N–H and O–H groups in total. The van der Waals surface area contributed by atoms with Crippen LogP contribution >= 0.6 is 11.3 Å². The van der Waals surface area contributed by atoms with Gasteiger partial charge in [-0.25, -0.2) is 9.78 Å². The zero-order valence-electron chi connectivity index (χ0n) is 11.2. The fourth-order valence-electron chi connectivity index (χ4n) is 2.34. The van der Waals surface area contributed by atoms with Crippen molar-refractivity contribution in [2.24, 2.45) is 5.92 Å². The van der Waals surface area contributed by atoms with Gasteiger partial charge in [-0.2, -0.15) is 0 Å². The van der Waals surface area contributed by atoms with Crippen LogP contribution in [0, 0.1) is 5.92 Å². The van der Waals surface area contributed by atoms with Crippen LogP contribution in [0.2, 0.25) is 0 Å². The molecule has 1 unspecified atom stereocenters. The molecule has 19 heavy (non-hydrogen) atoms. The van der Waals surface area contributed by atoms with E-state index in [1.165, 1.54) is 11.3 Å². The standard InChI is InChI=1S/C13H20N2O3S/c1-2-18-13(17)12-14-11(9-19-12)7-15-5-3-4-10(6-15)8-16/h9-10,16H,2-8H2,1H3. The van der Waals surface area contributed by atoms with Crippen molar-refractivity contribution in [3.05, 3.63) is 16.1 Å². The van der Waals surface area contributed by atoms with E-state index in [0.717, 1.165) is 38.2 Å². The predicted octanol–water partition coefficient (Wildman–Crippen LogP) is 1.52. The SMILES string of the molecule is CCOC(=O)c1nc(CN2CCCC(CO)C2)cs1. The Morgan fingerprint density at radius 2 is 2.53 bits per heavy atom. The van der Waals surface area contributed by atoms with Crippen LogP contribution < -0.4 is 0 Å². The number of carbonyl (C=O) groups excluding carboxylic acids is 1. The lowest BCUT2D eigenvalue weighted by molar-refractivity contribution is 0.0525. The summed E-state index contributed by atoms with van der Waals surface area (Å²) in [5.74, 6) is 0.0301. The molecule has 1 aliphatic heterocycles. The summed E-state index contributed by atoms with van der Waals surface area (Å²) in [6.07, 6.45) is 2.21. The lowest BCUT2D eigenvalue weighted by atomic mass is 9.99. The molecule has 1 aliphatic rings. The number of hydrogen-bond acceptors (Lipinski definition) is 6. The van der Waals surface area contributed by atoms with E-state index < -0.39 is 0 Å². The molecule has 1 saturated heterocycles. The second kappa shape index (κ2) is 6.98. The van der Waals surface area contributed by atoms with Crippen LogP contribution in [0.15, 0.2) is 5.38 Å². The Balaban J connectivity index is 1.90. The molecule has 1 aromatic heterocycles. The average Bonchev–Trinajstić information content (AvgIpc) is 2.88. The van der Waals surface area contributed by atoms with Crippen molar-refractivity contribution in [1.82, 2.24) is 9.88 Å². The molecule has 0 spiro atoms. The first-order chi connectivity index (χ1) is 9.22. The van der Waals surface area contributed by atoms with E-state index in [0.29, 0.717) is 17.5 Å². The number of ether oxygens (including phenoxy) is 1. The molecular formula is C13H20N2O3S. The second-order valence-electron chi connectivity index (χ2n) is 4.79. The van der Waals surface area contributed by atoms with Gasteiger partial charge in [0.2, 0.25) is 5.01 Å². The number of carbonyl (C=O) groups is 1. The zero-order chi connectivity index (χ0) is 13.7. The summed E-state index contributed by atoms with van der Waals surface area (Å²) in [5.41, 5.74) is 0.909. The van der Waals surface area contributed by atoms with Gasteiger partial charge in [0.25, 0.3) is 0 Å². The van der Waals surface area contributed by atoms with Crippen LogP contribution in [0.3, 0.4) is 0 Å². The topological polar surface area (TPSA) is 62.7 Å².